The van der Waals surface area contributed by atoms with Crippen molar-refractivity contribution in [3.63, 3.8) is 0 Å². The number of pyridine rings is 1. The van der Waals surface area contributed by atoms with Gasteiger partial charge < -0.3 is 14.6 Å². The van der Waals surface area contributed by atoms with Gasteiger partial charge in [0.25, 0.3) is 0 Å². The molecule has 38 heavy (non-hydrogen) atoms. The molecule has 5 rings (SSSR count). The molecule has 1 N–H and O–H groups in total. The van der Waals surface area contributed by atoms with Crippen LogP contribution in [-0.2, 0) is 6.61 Å². The summed E-state index contributed by atoms with van der Waals surface area (Å²) in [5.41, 5.74) is 3.89. The highest BCUT2D eigenvalue weighted by atomic mass is 35.5. The topological polar surface area (TPSA) is 77.8 Å². The smallest absolute Gasteiger partial charge is 0.227 e. The molecule has 0 atom stereocenters. The number of nitrogens with zero attached hydrogens (tertiary/aromatic N) is 5. The molecule has 0 aliphatic heterocycles. The molecule has 5 aromatic rings. The maximum atomic E-state index is 15.1. The standard InChI is InChI=1S/C28H25ClF2N6O/c1-15(2)37-17(4)34-27-22(31)10-18(11-24(27)37)26-16(3)13-33-28(36-26)35-19-7-8-25(20(29)12-19)38-14-23-21(30)6-5-9-32-23/h5-13,15H,14H2,1-4H3,(H,33,35,36). The normalized spacial score (nSPS) is 11.4. The zero-order chi connectivity index (χ0) is 27.0. The minimum atomic E-state index is -0.447. The molecule has 194 valence electrons. The van der Waals surface area contributed by atoms with E-state index in [9.17, 15) is 4.39 Å². The van der Waals surface area contributed by atoms with E-state index < -0.39 is 11.6 Å². The Morgan fingerprint density at radius 1 is 1.03 bits per heavy atom. The lowest BCUT2D eigenvalue weighted by Gasteiger charge is -2.13. The molecule has 0 radical (unpaired) electrons. The Morgan fingerprint density at radius 3 is 2.58 bits per heavy atom. The molecule has 0 aliphatic carbocycles. The van der Waals surface area contributed by atoms with Crippen LogP contribution in [0, 0.1) is 25.5 Å². The second-order valence-electron chi connectivity index (χ2n) is 9.16. The van der Waals surface area contributed by atoms with E-state index in [0.29, 0.717) is 44.7 Å². The third-order valence-electron chi connectivity index (χ3n) is 6.07. The summed E-state index contributed by atoms with van der Waals surface area (Å²) in [5, 5.41) is 3.45. The van der Waals surface area contributed by atoms with Crippen LogP contribution in [0.25, 0.3) is 22.3 Å². The fraction of sp³-hybridized carbons (Fsp3) is 0.214. The zero-order valence-electron chi connectivity index (χ0n) is 21.3. The third-order valence-corrected chi connectivity index (χ3v) is 6.37. The van der Waals surface area contributed by atoms with E-state index in [4.69, 9.17) is 16.3 Å². The number of benzene rings is 2. The van der Waals surface area contributed by atoms with Crippen LogP contribution in [-0.4, -0.2) is 24.5 Å². The highest BCUT2D eigenvalue weighted by Gasteiger charge is 2.17. The average molecular weight is 535 g/mol. The molecule has 3 heterocycles. The molecule has 0 bridgehead atoms. The van der Waals surface area contributed by atoms with Crippen LogP contribution in [0.1, 0.15) is 37.0 Å². The van der Waals surface area contributed by atoms with Crippen molar-refractivity contribution < 1.29 is 13.5 Å². The second kappa shape index (κ2) is 10.3. The van der Waals surface area contributed by atoms with Crippen LogP contribution in [0.2, 0.25) is 5.02 Å². The van der Waals surface area contributed by atoms with Crippen molar-refractivity contribution in [2.75, 3.05) is 5.32 Å². The van der Waals surface area contributed by atoms with Gasteiger partial charge in [0, 0.05) is 29.7 Å². The molecule has 0 aliphatic rings. The summed E-state index contributed by atoms with van der Waals surface area (Å²) in [6.45, 7) is 7.76. The molecule has 2 aromatic carbocycles. The Kier molecular flexibility index (Phi) is 6.94. The van der Waals surface area contributed by atoms with Gasteiger partial charge in [0.2, 0.25) is 5.95 Å². The molecule has 0 saturated carbocycles. The number of fused-ring (bicyclic) bond motifs is 1. The molecule has 0 spiro atoms. The van der Waals surface area contributed by atoms with Crippen LogP contribution in [0.15, 0.2) is 54.9 Å². The number of hydrogen-bond donors (Lipinski definition) is 1. The maximum absolute atomic E-state index is 15.1. The van der Waals surface area contributed by atoms with Gasteiger partial charge in [-0.2, -0.15) is 0 Å². The van der Waals surface area contributed by atoms with E-state index in [0.717, 1.165) is 11.4 Å². The van der Waals surface area contributed by atoms with Gasteiger partial charge in [-0.3, -0.25) is 4.98 Å². The third kappa shape index (κ3) is 5.02. The molecule has 7 nitrogen and oxygen atoms in total. The highest BCUT2D eigenvalue weighted by Crippen LogP contribution is 2.32. The van der Waals surface area contributed by atoms with Gasteiger partial charge in [0.05, 0.1) is 16.2 Å². The van der Waals surface area contributed by atoms with Crippen molar-refractivity contribution in [1.29, 1.82) is 0 Å². The molecular formula is C28H25ClF2N6O. The monoisotopic (exact) mass is 534 g/mol. The quantitative estimate of drug-likeness (QED) is 0.235. The second-order valence-corrected chi connectivity index (χ2v) is 9.57. The number of aryl methyl sites for hydroxylation is 2. The summed E-state index contributed by atoms with van der Waals surface area (Å²) in [6.07, 6.45) is 3.18. The predicted molar refractivity (Wildman–Crippen MR) is 144 cm³/mol. The van der Waals surface area contributed by atoms with Gasteiger partial charge in [0.1, 0.15) is 35.2 Å². The van der Waals surface area contributed by atoms with E-state index in [-0.39, 0.29) is 18.3 Å². The summed E-state index contributed by atoms with van der Waals surface area (Å²) in [6, 6.07) is 11.4. The van der Waals surface area contributed by atoms with Gasteiger partial charge in [0.15, 0.2) is 5.82 Å². The van der Waals surface area contributed by atoms with E-state index in [1.165, 1.54) is 24.4 Å². The number of imidazole rings is 1. The molecule has 0 unspecified atom stereocenters. The first-order valence-corrected chi connectivity index (χ1v) is 12.4. The highest BCUT2D eigenvalue weighted by molar-refractivity contribution is 6.32. The van der Waals surface area contributed by atoms with E-state index in [2.05, 4.69) is 25.3 Å². The first-order valence-electron chi connectivity index (χ1n) is 12.0. The van der Waals surface area contributed by atoms with Crippen molar-refractivity contribution in [2.45, 2.75) is 40.3 Å². The lowest BCUT2D eigenvalue weighted by atomic mass is 10.1. The molecule has 0 amide bonds. The van der Waals surface area contributed by atoms with Crippen molar-refractivity contribution >= 4 is 34.3 Å². The van der Waals surface area contributed by atoms with Crippen LogP contribution in [0.3, 0.4) is 0 Å². The Bertz CT molecular complexity index is 1650. The number of rotatable bonds is 7. The van der Waals surface area contributed by atoms with Crippen LogP contribution >= 0.6 is 11.6 Å². The van der Waals surface area contributed by atoms with Crippen molar-refractivity contribution in [1.82, 2.24) is 24.5 Å². The van der Waals surface area contributed by atoms with Gasteiger partial charge in [-0.1, -0.05) is 11.6 Å². The SMILES string of the molecule is Cc1cnc(Nc2ccc(OCc3ncccc3F)c(Cl)c2)nc1-c1cc(F)c2nc(C)n(C(C)C)c2c1. The van der Waals surface area contributed by atoms with Crippen molar-refractivity contribution in [3.8, 4) is 17.0 Å². The molecule has 10 heteroatoms. The Labute approximate surface area is 223 Å². The largest absolute Gasteiger partial charge is 0.486 e. The molecule has 0 fully saturated rings. The van der Waals surface area contributed by atoms with Gasteiger partial charge in [-0.15, -0.1) is 0 Å². The number of hydrogen-bond acceptors (Lipinski definition) is 6. The lowest BCUT2D eigenvalue weighted by Crippen LogP contribution is -2.03. The van der Waals surface area contributed by atoms with E-state index in [1.807, 2.05) is 38.3 Å². The summed E-state index contributed by atoms with van der Waals surface area (Å²) in [4.78, 5) is 17.4. The fourth-order valence-electron chi connectivity index (χ4n) is 4.35. The first kappa shape index (κ1) is 25.5. The lowest BCUT2D eigenvalue weighted by molar-refractivity contribution is 0.294. The summed E-state index contributed by atoms with van der Waals surface area (Å²) in [5.74, 6) is 0.605. The minimum absolute atomic E-state index is 0.0558. The summed E-state index contributed by atoms with van der Waals surface area (Å²) in [7, 11) is 0. The summed E-state index contributed by atoms with van der Waals surface area (Å²) < 4.78 is 36.5. The Morgan fingerprint density at radius 2 is 1.84 bits per heavy atom. The fourth-order valence-corrected chi connectivity index (χ4v) is 4.58. The number of anilines is 2. The number of ether oxygens (including phenoxy) is 1. The molecule has 3 aromatic heterocycles. The van der Waals surface area contributed by atoms with Crippen molar-refractivity contribution in [3.05, 3.63) is 88.6 Å². The number of nitrogens with one attached hydrogen (secondary N) is 1. The Balaban J connectivity index is 1.40. The van der Waals surface area contributed by atoms with Gasteiger partial charge >= 0.3 is 0 Å². The Hall–Kier alpha value is -4.11. The molecular weight excluding hydrogens is 510 g/mol. The maximum Gasteiger partial charge on any atom is 0.227 e. The first-order chi connectivity index (χ1) is 18.2. The van der Waals surface area contributed by atoms with E-state index in [1.54, 1.807) is 24.4 Å². The van der Waals surface area contributed by atoms with E-state index >= 15 is 4.39 Å². The van der Waals surface area contributed by atoms with Crippen molar-refractivity contribution in [2.24, 2.45) is 0 Å². The van der Waals surface area contributed by atoms with Crippen LogP contribution in [0.5, 0.6) is 5.75 Å². The van der Waals surface area contributed by atoms with Crippen LogP contribution < -0.4 is 10.1 Å². The average Bonchev–Trinajstić information content (AvgIpc) is 3.22. The summed E-state index contributed by atoms with van der Waals surface area (Å²) >= 11 is 6.40. The number of halogens is 3. The predicted octanol–water partition coefficient (Wildman–Crippen LogP) is 7.34. The zero-order valence-corrected chi connectivity index (χ0v) is 22.0. The van der Waals surface area contributed by atoms with Crippen LogP contribution in [0.4, 0.5) is 20.4 Å². The minimum Gasteiger partial charge on any atom is -0.486 e. The molecule has 0 saturated heterocycles. The van der Waals surface area contributed by atoms with Gasteiger partial charge in [-0.05, 0) is 75.7 Å². The van der Waals surface area contributed by atoms with Gasteiger partial charge in [-0.25, -0.2) is 23.7 Å². The number of aromatic nitrogens is 5.